The molecule has 19 heavy (non-hydrogen) atoms. The van der Waals surface area contributed by atoms with E-state index in [-0.39, 0.29) is 0 Å². The first-order valence-electron chi connectivity index (χ1n) is 7.03. The first-order valence-corrected chi connectivity index (χ1v) is 7.03. The summed E-state index contributed by atoms with van der Waals surface area (Å²) in [5.74, 6) is 8.19. The van der Waals surface area contributed by atoms with Crippen LogP contribution in [0.3, 0.4) is 0 Å². The predicted molar refractivity (Wildman–Crippen MR) is 77.3 cm³/mol. The second-order valence-electron chi connectivity index (χ2n) is 5.80. The fraction of sp³-hybridized carbons (Fsp3) is 0.333. The summed E-state index contributed by atoms with van der Waals surface area (Å²) in [6.07, 6.45) is 8.18. The van der Waals surface area contributed by atoms with Crippen LogP contribution < -0.4 is 0 Å². The van der Waals surface area contributed by atoms with Gasteiger partial charge in [-0.05, 0) is 37.0 Å². The van der Waals surface area contributed by atoms with E-state index in [2.05, 4.69) is 60.1 Å². The Morgan fingerprint density at radius 2 is 2.26 bits per heavy atom. The average Bonchev–Trinajstić information content (AvgIpc) is 3.20. The van der Waals surface area contributed by atoms with Gasteiger partial charge in [0.2, 0.25) is 0 Å². The van der Waals surface area contributed by atoms with E-state index in [0.717, 1.165) is 24.9 Å². The van der Waals surface area contributed by atoms with Crippen LogP contribution in [0.2, 0.25) is 0 Å². The second kappa shape index (κ2) is 4.03. The Morgan fingerprint density at radius 3 is 3.21 bits per heavy atom. The van der Waals surface area contributed by atoms with Crippen molar-refractivity contribution in [1.82, 2.24) is 4.90 Å². The Kier molecular flexibility index (Phi) is 2.32. The third-order valence-corrected chi connectivity index (χ3v) is 4.33. The van der Waals surface area contributed by atoms with Crippen molar-refractivity contribution in [1.29, 1.82) is 0 Å². The van der Waals surface area contributed by atoms with Crippen molar-refractivity contribution in [3.8, 4) is 11.8 Å². The molecule has 0 bridgehead atoms. The fourth-order valence-electron chi connectivity index (χ4n) is 3.18. The summed E-state index contributed by atoms with van der Waals surface area (Å²) in [6, 6.07) is 6.60. The lowest BCUT2D eigenvalue weighted by molar-refractivity contribution is 0.355. The van der Waals surface area contributed by atoms with Gasteiger partial charge >= 0.3 is 0 Å². The maximum absolute atomic E-state index is 3.32. The van der Waals surface area contributed by atoms with Gasteiger partial charge in [-0.15, -0.1) is 0 Å². The van der Waals surface area contributed by atoms with Gasteiger partial charge in [-0.3, -0.25) is 0 Å². The predicted octanol–water partition coefficient (Wildman–Crippen LogP) is 3.25. The molecule has 1 heterocycles. The Balaban J connectivity index is 1.68. The Labute approximate surface area is 114 Å². The zero-order valence-corrected chi connectivity index (χ0v) is 11.2. The summed E-state index contributed by atoms with van der Waals surface area (Å²) in [6.45, 7) is 4.00. The monoisotopic (exact) mass is 247 g/mol. The summed E-state index contributed by atoms with van der Waals surface area (Å²) < 4.78 is 0. The van der Waals surface area contributed by atoms with E-state index >= 15 is 0 Å². The minimum absolute atomic E-state index is 0.762. The van der Waals surface area contributed by atoms with Gasteiger partial charge in [-0.1, -0.05) is 41.7 Å². The van der Waals surface area contributed by atoms with Gasteiger partial charge in [0.25, 0.3) is 0 Å². The Hall–Kier alpha value is -1.94. The van der Waals surface area contributed by atoms with Crippen LogP contribution in [0, 0.1) is 30.6 Å². The molecule has 0 spiro atoms. The van der Waals surface area contributed by atoms with Crippen LogP contribution in [0.4, 0.5) is 0 Å². The van der Waals surface area contributed by atoms with E-state index < -0.39 is 0 Å². The zero-order chi connectivity index (χ0) is 12.8. The largest absolute Gasteiger partial charge is 0.359 e. The number of benzene rings is 1. The number of rotatable bonds is 1. The summed E-state index contributed by atoms with van der Waals surface area (Å²) >= 11 is 0. The van der Waals surface area contributed by atoms with Crippen molar-refractivity contribution in [3.05, 3.63) is 58.8 Å². The number of hydrogen-bond donors (Lipinski definition) is 0. The lowest BCUT2D eigenvalue weighted by atomic mass is 10.0. The normalized spacial score (nSPS) is 26.6. The first-order chi connectivity index (χ1) is 9.31. The molecule has 2 aliphatic carbocycles. The minimum Gasteiger partial charge on any atom is -0.359 e. The highest BCUT2D eigenvalue weighted by atomic mass is 15.1. The minimum atomic E-state index is 0.762. The molecule has 1 aliphatic heterocycles. The van der Waals surface area contributed by atoms with Crippen molar-refractivity contribution < 1.29 is 0 Å². The van der Waals surface area contributed by atoms with Gasteiger partial charge in [0, 0.05) is 23.7 Å². The molecule has 94 valence electrons. The maximum atomic E-state index is 3.32. The van der Waals surface area contributed by atoms with Crippen molar-refractivity contribution in [2.45, 2.75) is 19.9 Å². The maximum Gasteiger partial charge on any atom is 0.0799 e. The highest BCUT2D eigenvalue weighted by Gasteiger charge is 2.41. The lowest BCUT2D eigenvalue weighted by Gasteiger charge is -2.26. The molecule has 2 unspecified atom stereocenters. The molecule has 3 aliphatic rings. The van der Waals surface area contributed by atoms with E-state index in [1.54, 1.807) is 0 Å². The molecular formula is C18H17N. The van der Waals surface area contributed by atoms with Gasteiger partial charge in [0.15, 0.2) is 0 Å². The molecule has 0 amide bonds. The highest BCUT2D eigenvalue weighted by Crippen LogP contribution is 2.48. The molecule has 1 aromatic carbocycles. The van der Waals surface area contributed by atoms with E-state index in [9.17, 15) is 0 Å². The zero-order valence-electron chi connectivity index (χ0n) is 11.2. The van der Waals surface area contributed by atoms with E-state index in [1.165, 1.54) is 28.8 Å². The molecule has 1 nitrogen and oxygen atoms in total. The molecule has 0 aromatic heterocycles. The SMILES string of the molecule is Cc1ccc2c(c1)CN(C1=CC=CC3CC13)CC#C2. The quantitative estimate of drug-likeness (QED) is 0.689. The molecule has 1 heteroatoms. The molecule has 1 saturated carbocycles. The van der Waals surface area contributed by atoms with Gasteiger partial charge in [-0.2, -0.15) is 0 Å². The first kappa shape index (κ1) is 10.9. The lowest BCUT2D eigenvalue weighted by Crippen LogP contribution is -2.24. The van der Waals surface area contributed by atoms with Gasteiger partial charge in [0.05, 0.1) is 6.54 Å². The van der Waals surface area contributed by atoms with Crippen molar-refractivity contribution >= 4 is 0 Å². The third kappa shape index (κ3) is 1.88. The number of allylic oxidation sites excluding steroid dienone is 4. The molecule has 4 rings (SSSR count). The molecule has 1 fully saturated rings. The van der Waals surface area contributed by atoms with E-state index in [0.29, 0.717) is 0 Å². The fourth-order valence-corrected chi connectivity index (χ4v) is 3.18. The van der Waals surface area contributed by atoms with Crippen LogP contribution in [0.25, 0.3) is 0 Å². The van der Waals surface area contributed by atoms with E-state index in [4.69, 9.17) is 0 Å². The molecule has 0 N–H and O–H groups in total. The number of nitrogens with zero attached hydrogens (tertiary/aromatic N) is 1. The van der Waals surface area contributed by atoms with Crippen LogP contribution in [0.15, 0.2) is 42.1 Å². The number of hydrogen-bond acceptors (Lipinski definition) is 1. The van der Waals surface area contributed by atoms with Crippen molar-refractivity contribution in [3.63, 3.8) is 0 Å². The number of fused-ring (bicyclic) bond motifs is 2. The summed E-state index contributed by atoms with van der Waals surface area (Å²) in [5, 5.41) is 0. The van der Waals surface area contributed by atoms with Gasteiger partial charge in [0.1, 0.15) is 0 Å². The van der Waals surface area contributed by atoms with Crippen molar-refractivity contribution in [2.75, 3.05) is 6.54 Å². The van der Waals surface area contributed by atoms with Gasteiger partial charge in [-0.25, -0.2) is 0 Å². The smallest absolute Gasteiger partial charge is 0.0799 e. The van der Waals surface area contributed by atoms with Crippen LogP contribution >= 0.6 is 0 Å². The van der Waals surface area contributed by atoms with Crippen LogP contribution in [0.5, 0.6) is 0 Å². The molecule has 0 radical (unpaired) electrons. The Morgan fingerprint density at radius 1 is 1.32 bits per heavy atom. The molecule has 0 saturated heterocycles. The van der Waals surface area contributed by atoms with Gasteiger partial charge < -0.3 is 4.90 Å². The van der Waals surface area contributed by atoms with Crippen LogP contribution in [-0.2, 0) is 6.54 Å². The van der Waals surface area contributed by atoms with Crippen LogP contribution in [-0.4, -0.2) is 11.4 Å². The summed E-state index contributed by atoms with van der Waals surface area (Å²) in [7, 11) is 0. The topological polar surface area (TPSA) is 3.24 Å². The number of aryl methyl sites for hydroxylation is 1. The Bertz CT molecular complexity index is 654. The highest BCUT2D eigenvalue weighted by molar-refractivity contribution is 5.45. The second-order valence-corrected chi connectivity index (χ2v) is 5.80. The summed E-state index contributed by atoms with van der Waals surface area (Å²) in [5.41, 5.74) is 5.39. The molecule has 2 atom stereocenters. The van der Waals surface area contributed by atoms with Crippen LogP contribution in [0.1, 0.15) is 23.1 Å². The average molecular weight is 247 g/mol. The third-order valence-electron chi connectivity index (χ3n) is 4.33. The van der Waals surface area contributed by atoms with Crippen molar-refractivity contribution in [2.24, 2.45) is 11.8 Å². The standard InChI is InChI=1S/C18H17N/c1-13-7-8-14-5-3-9-19(12-16(14)10-13)18-6-2-4-15-11-17(15)18/h2,4,6-8,10,15,17H,9,11-12H2,1H3. The molecule has 1 aromatic rings. The summed E-state index contributed by atoms with van der Waals surface area (Å²) in [4.78, 5) is 2.46. The molecular weight excluding hydrogens is 230 g/mol. The van der Waals surface area contributed by atoms with E-state index in [1.807, 2.05) is 0 Å².